The van der Waals surface area contributed by atoms with Crippen LogP contribution in [0.4, 0.5) is 0 Å². The molecule has 0 heterocycles. The van der Waals surface area contributed by atoms with Gasteiger partial charge in [-0.3, -0.25) is 4.79 Å². The minimum Gasteiger partial charge on any atom is -0.382 e. The summed E-state index contributed by atoms with van der Waals surface area (Å²) in [6, 6.07) is 0. The number of aliphatic hydroxyl groups is 1. The van der Waals surface area contributed by atoms with Gasteiger partial charge in [0.25, 0.3) is 0 Å². The lowest BCUT2D eigenvalue weighted by atomic mass is 10.2. The van der Waals surface area contributed by atoms with E-state index >= 15 is 0 Å². The lowest BCUT2D eigenvalue weighted by molar-refractivity contribution is -0.127. The first-order valence-corrected chi connectivity index (χ1v) is 3.67. The van der Waals surface area contributed by atoms with Gasteiger partial charge in [-0.05, 0) is 26.0 Å². The van der Waals surface area contributed by atoms with Crippen LogP contribution in [0.5, 0.6) is 0 Å². The van der Waals surface area contributed by atoms with Crippen molar-refractivity contribution >= 4 is 5.78 Å². The Morgan fingerprint density at radius 3 is 2.64 bits per heavy atom. The minimum atomic E-state index is -0.989. The predicted molar refractivity (Wildman–Crippen MR) is 40.2 cm³/mol. The van der Waals surface area contributed by atoms with Gasteiger partial charge in [0.1, 0.15) is 12.2 Å². The summed E-state index contributed by atoms with van der Waals surface area (Å²) in [5, 5.41) is 9.17. The van der Waals surface area contributed by atoms with E-state index < -0.39 is 12.2 Å². The molecule has 0 aromatic carbocycles. The predicted octanol–water partition coefficient (Wildman–Crippen LogP) is 0.280. The highest BCUT2D eigenvalue weighted by atomic mass is 16.5. The van der Waals surface area contributed by atoms with Gasteiger partial charge in [0.05, 0.1) is 6.10 Å². The average molecular weight is 156 g/mol. The zero-order chi connectivity index (χ0) is 8.43. The van der Waals surface area contributed by atoms with Gasteiger partial charge in [0.15, 0.2) is 5.78 Å². The van der Waals surface area contributed by atoms with Crippen LogP contribution in [0.3, 0.4) is 0 Å². The Labute approximate surface area is 65.7 Å². The first kappa shape index (κ1) is 8.43. The summed E-state index contributed by atoms with van der Waals surface area (Å²) in [5.74, 6) is -0.268. The molecule has 1 N–H and O–H groups in total. The number of aliphatic hydroxyl groups excluding tert-OH is 1. The molecule has 1 rings (SSSR count). The summed E-state index contributed by atoms with van der Waals surface area (Å²) in [4.78, 5) is 10.7. The molecule has 0 aromatic rings. The minimum absolute atomic E-state index is 0.0326. The van der Waals surface area contributed by atoms with Gasteiger partial charge < -0.3 is 9.84 Å². The van der Waals surface area contributed by atoms with Crippen LogP contribution in [0.25, 0.3) is 0 Å². The molecule has 0 radical (unpaired) electrons. The monoisotopic (exact) mass is 156 g/mol. The van der Waals surface area contributed by atoms with Crippen molar-refractivity contribution in [3.05, 3.63) is 12.2 Å². The van der Waals surface area contributed by atoms with Crippen molar-refractivity contribution in [3.63, 3.8) is 0 Å². The lowest BCUT2D eigenvalue weighted by Crippen LogP contribution is -2.30. The van der Waals surface area contributed by atoms with E-state index in [1.165, 1.54) is 6.08 Å². The van der Waals surface area contributed by atoms with Crippen molar-refractivity contribution in [2.24, 2.45) is 0 Å². The first-order chi connectivity index (χ1) is 5.11. The summed E-state index contributed by atoms with van der Waals surface area (Å²) in [5.41, 5.74) is 0. The molecule has 1 aliphatic rings. The molecule has 0 unspecified atom stereocenters. The molecule has 0 amide bonds. The highest BCUT2D eigenvalue weighted by Crippen LogP contribution is 2.12. The second-order valence-electron chi connectivity index (χ2n) is 2.86. The second kappa shape index (κ2) is 3.15. The van der Waals surface area contributed by atoms with Crippen molar-refractivity contribution in [3.8, 4) is 0 Å². The highest BCUT2D eigenvalue weighted by molar-refractivity contribution is 5.96. The third kappa shape index (κ3) is 1.88. The Balaban J connectivity index is 2.49. The molecule has 0 spiro atoms. The van der Waals surface area contributed by atoms with E-state index in [-0.39, 0.29) is 11.9 Å². The molecular formula is C8H12O3. The summed E-state index contributed by atoms with van der Waals surface area (Å²) in [6.45, 7) is 3.73. The fourth-order valence-electron chi connectivity index (χ4n) is 0.989. The molecule has 3 nitrogen and oxygen atoms in total. The molecule has 62 valence electrons. The summed E-state index contributed by atoms with van der Waals surface area (Å²) < 4.78 is 5.24. The summed E-state index contributed by atoms with van der Waals surface area (Å²) in [7, 11) is 0. The van der Waals surface area contributed by atoms with Gasteiger partial charge in [-0.15, -0.1) is 0 Å². The Morgan fingerprint density at radius 1 is 1.64 bits per heavy atom. The number of hydrogen-bond donors (Lipinski definition) is 1. The van der Waals surface area contributed by atoms with Crippen molar-refractivity contribution in [1.82, 2.24) is 0 Å². The molecule has 0 aromatic heterocycles. The Morgan fingerprint density at radius 2 is 2.27 bits per heavy atom. The van der Waals surface area contributed by atoms with Crippen molar-refractivity contribution in [2.45, 2.75) is 32.2 Å². The zero-order valence-corrected chi connectivity index (χ0v) is 6.65. The molecule has 3 heteroatoms. The van der Waals surface area contributed by atoms with Crippen LogP contribution in [-0.4, -0.2) is 29.2 Å². The van der Waals surface area contributed by atoms with E-state index in [0.717, 1.165) is 0 Å². The van der Waals surface area contributed by atoms with Crippen LogP contribution >= 0.6 is 0 Å². The maximum Gasteiger partial charge on any atom is 0.186 e. The van der Waals surface area contributed by atoms with E-state index in [0.29, 0.717) is 0 Å². The smallest absolute Gasteiger partial charge is 0.186 e. The van der Waals surface area contributed by atoms with Gasteiger partial charge in [-0.2, -0.15) is 0 Å². The molecule has 2 atom stereocenters. The highest BCUT2D eigenvalue weighted by Gasteiger charge is 2.28. The average Bonchev–Trinajstić information content (AvgIpc) is 2.18. The largest absolute Gasteiger partial charge is 0.382 e. The van der Waals surface area contributed by atoms with E-state index in [1.807, 2.05) is 13.8 Å². The molecular weight excluding hydrogens is 144 g/mol. The fraction of sp³-hybridized carbons (Fsp3) is 0.625. The third-order valence-electron chi connectivity index (χ3n) is 1.48. The van der Waals surface area contributed by atoms with Crippen molar-refractivity contribution in [2.75, 3.05) is 0 Å². The number of carbonyl (C=O) groups is 1. The zero-order valence-electron chi connectivity index (χ0n) is 6.65. The molecule has 0 saturated carbocycles. The standard InChI is InChI=1S/C8H12O3/c1-5(2)11-7-4-3-6(9)8(7)10/h3-5,7-8,10H,1-2H3/t7-,8-/m0/s1. The van der Waals surface area contributed by atoms with E-state index in [4.69, 9.17) is 9.84 Å². The number of rotatable bonds is 2. The summed E-state index contributed by atoms with van der Waals surface area (Å²) in [6.07, 6.45) is 1.55. The molecule has 0 bridgehead atoms. The van der Waals surface area contributed by atoms with Crippen molar-refractivity contribution < 1.29 is 14.6 Å². The maximum absolute atomic E-state index is 10.7. The summed E-state index contributed by atoms with van der Waals surface area (Å²) >= 11 is 0. The van der Waals surface area contributed by atoms with Crippen LogP contribution in [-0.2, 0) is 9.53 Å². The third-order valence-corrected chi connectivity index (χ3v) is 1.48. The normalized spacial score (nSPS) is 30.4. The van der Waals surface area contributed by atoms with Gasteiger partial charge >= 0.3 is 0 Å². The number of ether oxygens (including phenoxy) is 1. The lowest BCUT2D eigenvalue weighted by Gasteiger charge is -2.16. The van der Waals surface area contributed by atoms with E-state index in [2.05, 4.69) is 0 Å². The van der Waals surface area contributed by atoms with Crippen LogP contribution in [0.2, 0.25) is 0 Å². The van der Waals surface area contributed by atoms with Gasteiger partial charge in [-0.25, -0.2) is 0 Å². The molecule has 0 aliphatic heterocycles. The van der Waals surface area contributed by atoms with Gasteiger partial charge in [-0.1, -0.05) is 0 Å². The molecule has 11 heavy (non-hydrogen) atoms. The Bertz CT molecular complexity index is 184. The number of ketones is 1. The SMILES string of the molecule is CC(C)O[C@H]1C=CC(=O)[C@@H]1O. The topological polar surface area (TPSA) is 46.5 Å². The van der Waals surface area contributed by atoms with Crippen molar-refractivity contribution in [1.29, 1.82) is 0 Å². The number of carbonyl (C=O) groups excluding carboxylic acids is 1. The fourth-order valence-corrected chi connectivity index (χ4v) is 0.989. The van der Waals surface area contributed by atoms with Gasteiger partial charge in [0.2, 0.25) is 0 Å². The van der Waals surface area contributed by atoms with Crippen LogP contribution in [0.15, 0.2) is 12.2 Å². The first-order valence-electron chi connectivity index (χ1n) is 3.67. The van der Waals surface area contributed by atoms with E-state index in [9.17, 15) is 4.79 Å². The van der Waals surface area contributed by atoms with E-state index in [1.54, 1.807) is 6.08 Å². The quantitative estimate of drug-likeness (QED) is 0.624. The maximum atomic E-state index is 10.7. The Kier molecular flexibility index (Phi) is 2.42. The second-order valence-corrected chi connectivity index (χ2v) is 2.86. The molecule has 0 fully saturated rings. The Hall–Kier alpha value is -0.670. The van der Waals surface area contributed by atoms with Crippen LogP contribution in [0, 0.1) is 0 Å². The molecule has 1 aliphatic carbocycles. The van der Waals surface area contributed by atoms with Gasteiger partial charge in [0, 0.05) is 0 Å². The van der Waals surface area contributed by atoms with Crippen LogP contribution in [0.1, 0.15) is 13.8 Å². The van der Waals surface area contributed by atoms with Crippen LogP contribution < -0.4 is 0 Å². The number of hydrogen-bond acceptors (Lipinski definition) is 3. The molecule has 0 saturated heterocycles.